The van der Waals surface area contributed by atoms with Crippen molar-refractivity contribution in [3.05, 3.63) is 88.7 Å². The molecule has 0 fully saturated rings. The van der Waals surface area contributed by atoms with Gasteiger partial charge in [0.25, 0.3) is 0 Å². The summed E-state index contributed by atoms with van der Waals surface area (Å²) >= 11 is 0. The summed E-state index contributed by atoms with van der Waals surface area (Å²) in [6, 6.07) is 11.2. The van der Waals surface area contributed by atoms with Crippen molar-refractivity contribution in [1.82, 2.24) is 0 Å². The summed E-state index contributed by atoms with van der Waals surface area (Å²) in [6.07, 6.45) is 1.89. The standard InChI is InChI=1S/C22H17F5O/c1-2-3-13-4-6-14(7-5-13)17-9-8-15(20(25)21(17)26)12-28-16-10-18(23)22(27)19(24)11-16/h4-11H,2-3,12H2,1H3. The highest BCUT2D eigenvalue weighted by Gasteiger charge is 2.16. The van der Waals surface area contributed by atoms with Crippen molar-refractivity contribution in [1.29, 1.82) is 0 Å². The lowest BCUT2D eigenvalue weighted by atomic mass is 10.0. The van der Waals surface area contributed by atoms with Crippen LogP contribution in [0.25, 0.3) is 11.1 Å². The van der Waals surface area contributed by atoms with E-state index in [4.69, 9.17) is 4.74 Å². The molecule has 0 N–H and O–H groups in total. The molecule has 0 aliphatic rings. The van der Waals surface area contributed by atoms with Crippen LogP contribution in [0.1, 0.15) is 24.5 Å². The molecular weight excluding hydrogens is 375 g/mol. The first-order chi connectivity index (χ1) is 13.4. The van der Waals surface area contributed by atoms with Crippen molar-refractivity contribution in [2.45, 2.75) is 26.4 Å². The minimum absolute atomic E-state index is 0.100. The van der Waals surface area contributed by atoms with Crippen LogP contribution in [0.4, 0.5) is 22.0 Å². The second kappa shape index (κ2) is 8.42. The van der Waals surface area contributed by atoms with Crippen molar-refractivity contribution in [2.75, 3.05) is 0 Å². The maximum absolute atomic E-state index is 14.5. The molecule has 0 aromatic heterocycles. The van der Waals surface area contributed by atoms with Gasteiger partial charge in [0.15, 0.2) is 29.1 Å². The Morgan fingerprint density at radius 1 is 0.750 bits per heavy atom. The van der Waals surface area contributed by atoms with Crippen LogP contribution in [0, 0.1) is 29.1 Å². The monoisotopic (exact) mass is 392 g/mol. The third-order valence-corrected chi connectivity index (χ3v) is 4.32. The summed E-state index contributed by atoms with van der Waals surface area (Å²) in [4.78, 5) is 0. The summed E-state index contributed by atoms with van der Waals surface area (Å²) in [7, 11) is 0. The molecule has 146 valence electrons. The van der Waals surface area contributed by atoms with Gasteiger partial charge in [0.2, 0.25) is 0 Å². The highest BCUT2D eigenvalue weighted by molar-refractivity contribution is 5.65. The van der Waals surface area contributed by atoms with Crippen LogP contribution >= 0.6 is 0 Å². The molecule has 0 unspecified atom stereocenters. The maximum atomic E-state index is 14.5. The minimum Gasteiger partial charge on any atom is -0.489 e. The third kappa shape index (κ3) is 4.16. The first-order valence-electron chi connectivity index (χ1n) is 8.74. The molecule has 0 amide bonds. The summed E-state index contributed by atoms with van der Waals surface area (Å²) in [5.41, 5.74) is 1.61. The third-order valence-electron chi connectivity index (χ3n) is 4.32. The number of rotatable bonds is 6. The fraction of sp³-hybridized carbons (Fsp3) is 0.182. The van der Waals surface area contributed by atoms with Crippen LogP contribution < -0.4 is 4.74 Å². The van der Waals surface area contributed by atoms with Gasteiger partial charge in [-0.05, 0) is 17.5 Å². The second-order valence-electron chi connectivity index (χ2n) is 6.34. The molecule has 0 saturated carbocycles. The smallest absolute Gasteiger partial charge is 0.194 e. The first kappa shape index (κ1) is 19.9. The van der Waals surface area contributed by atoms with Crippen molar-refractivity contribution in [3.8, 4) is 16.9 Å². The predicted molar refractivity (Wildman–Crippen MR) is 96.4 cm³/mol. The van der Waals surface area contributed by atoms with E-state index in [0.717, 1.165) is 18.4 Å². The largest absolute Gasteiger partial charge is 0.489 e. The molecule has 3 aromatic carbocycles. The molecule has 1 nitrogen and oxygen atoms in total. The van der Waals surface area contributed by atoms with E-state index >= 15 is 0 Å². The number of ether oxygens (including phenoxy) is 1. The Morgan fingerprint density at radius 2 is 1.39 bits per heavy atom. The molecule has 0 atom stereocenters. The molecular formula is C22H17F5O. The lowest BCUT2D eigenvalue weighted by Crippen LogP contribution is -2.03. The number of hydrogen-bond acceptors (Lipinski definition) is 1. The topological polar surface area (TPSA) is 9.23 Å². The number of hydrogen-bond donors (Lipinski definition) is 0. The van der Waals surface area contributed by atoms with E-state index in [0.29, 0.717) is 17.7 Å². The molecule has 0 bridgehead atoms. The van der Waals surface area contributed by atoms with Gasteiger partial charge in [-0.25, -0.2) is 22.0 Å². The van der Waals surface area contributed by atoms with E-state index in [1.165, 1.54) is 12.1 Å². The fourth-order valence-electron chi connectivity index (χ4n) is 2.84. The van der Waals surface area contributed by atoms with Crippen LogP contribution in [-0.2, 0) is 13.0 Å². The number of halogens is 5. The normalized spacial score (nSPS) is 10.9. The average Bonchev–Trinajstić information content (AvgIpc) is 2.68. The van der Waals surface area contributed by atoms with E-state index in [9.17, 15) is 22.0 Å². The summed E-state index contributed by atoms with van der Waals surface area (Å²) in [5.74, 6) is -6.96. The zero-order chi connectivity index (χ0) is 20.3. The molecule has 6 heteroatoms. The number of benzene rings is 3. The molecule has 0 saturated heterocycles. The van der Waals surface area contributed by atoms with Gasteiger partial charge >= 0.3 is 0 Å². The van der Waals surface area contributed by atoms with Crippen molar-refractivity contribution < 1.29 is 26.7 Å². The molecule has 0 heterocycles. The number of aryl methyl sites for hydroxylation is 1. The van der Waals surface area contributed by atoms with E-state index in [1.54, 1.807) is 12.1 Å². The Labute approximate surface area is 159 Å². The van der Waals surface area contributed by atoms with Crippen LogP contribution in [0.15, 0.2) is 48.5 Å². The van der Waals surface area contributed by atoms with E-state index in [2.05, 4.69) is 6.92 Å². The Kier molecular flexibility index (Phi) is 5.97. The molecule has 0 aliphatic carbocycles. The van der Waals surface area contributed by atoms with Gasteiger partial charge in [0.1, 0.15) is 12.4 Å². The summed E-state index contributed by atoms with van der Waals surface area (Å²) in [5, 5.41) is 0. The van der Waals surface area contributed by atoms with Crippen LogP contribution in [0.2, 0.25) is 0 Å². The van der Waals surface area contributed by atoms with E-state index in [-0.39, 0.29) is 16.9 Å². The van der Waals surface area contributed by atoms with Crippen molar-refractivity contribution in [3.63, 3.8) is 0 Å². The Bertz CT molecular complexity index is 960. The minimum atomic E-state index is -1.63. The predicted octanol–water partition coefficient (Wildman–Crippen LogP) is 6.58. The van der Waals surface area contributed by atoms with E-state index < -0.39 is 35.7 Å². The van der Waals surface area contributed by atoms with Gasteiger partial charge in [0.05, 0.1) is 0 Å². The zero-order valence-corrected chi connectivity index (χ0v) is 15.0. The Balaban J connectivity index is 1.80. The van der Waals surface area contributed by atoms with Gasteiger partial charge in [-0.3, -0.25) is 0 Å². The van der Waals surface area contributed by atoms with Gasteiger partial charge in [-0.2, -0.15) is 0 Å². The molecule has 28 heavy (non-hydrogen) atoms. The van der Waals surface area contributed by atoms with Crippen LogP contribution in [0.3, 0.4) is 0 Å². The van der Waals surface area contributed by atoms with Gasteiger partial charge in [-0.1, -0.05) is 49.7 Å². The highest BCUT2D eigenvalue weighted by Crippen LogP contribution is 2.28. The first-order valence-corrected chi connectivity index (χ1v) is 8.74. The van der Waals surface area contributed by atoms with Gasteiger partial charge in [-0.15, -0.1) is 0 Å². The van der Waals surface area contributed by atoms with Gasteiger partial charge < -0.3 is 4.74 Å². The molecule has 0 spiro atoms. The molecule has 3 aromatic rings. The van der Waals surface area contributed by atoms with Crippen molar-refractivity contribution in [2.24, 2.45) is 0 Å². The summed E-state index contributed by atoms with van der Waals surface area (Å²) < 4.78 is 73.3. The summed E-state index contributed by atoms with van der Waals surface area (Å²) in [6.45, 7) is 1.58. The molecule has 0 aliphatic heterocycles. The van der Waals surface area contributed by atoms with E-state index in [1.807, 2.05) is 12.1 Å². The van der Waals surface area contributed by atoms with Crippen LogP contribution in [0.5, 0.6) is 5.75 Å². The average molecular weight is 392 g/mol. The van der Waals surface area contributed by atoms with Crippen LogP contribution in [-0.4, -0.2) is 0 Å². The lowest BCUT2D eigenvalue weighted by Gasteiger charge is -2.11. The van der Waals surface area contributed by atoms with Gasteiger partial charge in [0, 0.05) is 23.3 Å². The Morgan fingerprint density at radius 3 is 2.00 bits per heavy atom. The molecule has 0 radical (unpaired) electrons. The lowest BCUT2D eigenvalue weighted by molar-refractivity contribution is 0.291. The van der Waals surface area contributed by atoms with Crippen molar-refractivity contribution >= 4 is 0 Å². The molecule has 3 rings (SSSR count). The SMILES string of the molecule is CCCc1ccc(-c2ccc(COc3cc(F)c(F)c(F)c3)c(F)c2F)cc1. The highest BCUT2D eigenvalue weighted by atomic mass is 19.2. The second-order valence-corrected chi connectivity index (χ2v) is 6.34. The quantitative estimate of drug-likeness (QED) is 0.340. The Hall–Kier alpha value is -2.89. The zero-order valence-electron chi connectivity index (χ0n) is 15.0. The fourth-order valence-corrected chi connectivity index (χ4v) is 2.84. The maximum Gasteiger partial charge on any atom is 0.194 e.